The number of nitrogens with one attached hydrogen (secondary N) is 3. The molecule has 0 unspecified atom stereocenters. The molecule has 3 aromatic carbocycles. The van der Waals surface area contributed by atoms with Crippen LogP contribution in [0.2, 0.25) is 0 Å². The van der Waals surface area contributed by atoms with E-state index in [1.54, 1.807) is 36.4 Å². The van der Waals surface area contributed by atoms with E-state index in [9.17, 15) is 18.0 Å². The number of amides is 2. The normalized spacial score (nSPS) is 12.3. The van der Waals surface area contributed by atoms with Crippen LogP contribution in [0.1, 0.15) is 31.4 Å². The van der Waals surface area contributed by atoms with Crippen molar-refractivity contribution in [3.05, 3.63) is 87.5 Å². The van der Waals surface area contributed by atoms with Gasteiger partial charge in [0, 0.05) is 3.57 Å². The Morgan fingerprint density at radius 3 is 2.31 bits per heavy atom. The van der Waals surface area contributed by atoms with Crippen LogP contribution in [-0.4, -0.2) is 39.1 Å². The van der Waals surface area contributed by atoms with Gasteiger partial charge >= 0.3 is 0 Å². The Bertz CT molecular complexity index is 1410. The molecule has 0 spiro atoms. The van der Waals surface area contributed by atoms with Crippen molar-refractivity contribution in [3.8, 4) is 5.75 Å². The highest BCUT2D eigenvalue weighted by Gasteiger charge is 2.26. The molecule has 9 nitrogen and oxygen atoms in total. The monoisotopic (exact) mass is 662 g/mol. The summed E-state index contributed by atoms with van der Waals surface area (Å²) in [7, 11) is -3.89. The molecule has 0 bridgehead atoms. The van der Waals surface area contributed by atoms with Gasteiger partial charge in [-0.3, -0.25) is 9.59 Å². The molecule has 2 amide bonds. The van der Waals surface area contributed by atoms with Crippen molar-refractivity contribution < 1.29 is 22.7 Å². The maximum atomic E-state index is 12.8. The molecule has 0 saturated carbocycles. The second-order valence-electron chi connectivity index (χ2n) is 9.24. The van der Waals surface area contributed by atoms with E-state index in [0.29, 0.717) is 17.7 Å². The van der Waals surface area contributed by atoms with Crippen LogP contribution in [0.25, 0.3) is 0 Å². The zero-order chi connectivity index (χ0) is 28.4. The maximum absolute atomic E-state index is 12.8. The number of hydrogen-bond donors (Lipinski definition) is 3. The average Bonchev–Trinajstić information content (AvgIpc) is 2.89. The SMILES string of the molecule is Cc1ccc(S(=O)(=O)N[C@H](CC(C)C)C(=O)N/N=C\c2ccc(OCC(=O)Nc3ccccc3I)cc2)cc1. The predicted molar refractivity (Wildman–Crippen MR) is 160 cm³/mol. The molecule has 0 fully saturated rings. The Kier molecular flexibility index (Phi) is 11.0. The first kappa shape index (κ1) is 30.3. The van der Waals surface area contributed by atoms with Crippen molar-refractivity contribution in [2.24, 2.45) is 11.0 Å². The Morgan fingerprint density at radius 1 is 1.00 bits per heavy atom. The number of aryl methyl sites for hydroxylation is 1. The Morgan fingerprint density at radius 2 is 1.67 bits per heavy atom. The lowest BCUT2D eigenvalue weighted by molar-refractivity contribution is -0.123. The summed E-state index contributed by atoms with van der Waals surface area (Å²) in [5.41, 5.74) is 4.75. The number of nitrogens with zero attached hydrogens (tertiary/aromatic N) is 1. The molecule has 0 aliphatic carbocycles. The van der Waals surface area contributed by atoms with E-state index >= 15 is 0 Å². The fraction of sp³-hybridized carbons (Fsp3) is 0.250. The van der Waals surface area contributed by atoms with E-state index in [2.05, 4.69) is 43.2 Å². The maximum Gasteiger partial charge on any atom is 0.262 e. The van der Waals surface area contributed by atoms with Gasteiger partial charge in [0.15, 0.2) is 6.61 Å². The number of rotatable bonds is 12. The lowest BCUT2D eigenvalue weighted by atomic mass is 10.0. The summed E-state index contributed by atoms with van der Waals surface area (Å²) in [5.74, 6) is -0.274. The number of hydrogen-bond acceptors (Lipinski definition) is 6. The minimum absolute atomic E-state index is 0.0661. The molecule has 206 valence electrons. The fourth-order valence-corrected chi connectivity index (χ4v) is 5.18. The standard InChI is InChI=1S/C28H31IN4O5S/c1-19(2)16-26(33-39(36,37)23-14-8-20(3)9-15-23)28(35)32-30-17-21-10-12-22(13-11-21)38-18-27(34)31-25-7-5-4-6-24(25)29/h4-15,17,19,26,33H,16,18H2,1-3H3,(H,31,34)(H,32,35)/b30-17-/t26-/m1/s1. The molecule has 3 N–H and O–H groups in total. The molecule has 0 aromatic heterocycles. The number of para-hydroxylation sites is 1. The number of ether oxygens (including phenoxy) is 1. The second kappa shape index (κ2) is 14.2. The van der Waals surface area contributed by atoms with Crippen molar-refractivity contribution in [1.82, 2.24) is 10.1 Å². The number of carbonyl (C=O) groups excluding carboxylic acids is 2. The third-order valence-electron chi connectivity index (χ3n) is 5.44. The number of hydrazone groups is 1. The summed E-state index contributed by atoms with van der Waals surface area (Å²) < 4.78 is 34.6. The summed E-state index contributed by atoms with van der Waals surface area (Å²) in [4.78, 5) is 25.0. The van der Waals surface area contributed by atoms with Crippen LogP contribution < -0.4 is 20.2 Å². The van der Waals surface area contributed by atoms with E-state index in [-0.39, 0.29) is 23.3 Å². The number of carbonyl (C=O) groups is 2. The first-order chi connectivity index (χ1) is 18.5. The van der Waals surface area contributed by atoms with Crippen LogP contribution in [0.3, 0.4) is 0 Å². The molecular weight excluding hydrogens is 631 g/mol. The largest absolute Gasteiger partial charge is 0.484 e. The molecule has 0 heterocycles. The van der Waals surface area contributed by atoms with Gasteiger partial charge in [-0.15, -0.1) is 0 Å². The smallest absolute Gasteiger partial charge is 0.262 e. The van der Waals surface area contributed by atoms with Gasteiger partial charge < -0.3 is 10.1 Å². The lowest BCUT2D eigenvalue weighted by Crippen LogP contribution is -2.46. The molecule has 1 atom stereocenters. The van der Waals surface area contributed by atoms with E-state index in [0.717, 1.165) is 14.8 Å². The minimum atomic E-state index is -3.89. The van der Waals surface area contributed by atoms with E-state index in [4.69, 9.17) is 4.74 Å². The van der Waals surface area contributed by atoms with Crippen molar-refractivity contribution in [1.29, 1.82) is 0 Å². The van der Waals surface area contributed by atoms with E-state index in [1.807, 2.05) is 45.0 Å². The molecule has 39 heavy (non-hydrogen) atoms. The Hall–Kier alpha value is -3.29. The number of benzene rings is 3. The highest BCUT2D eigenvalue weighted by atomic mass is 127. The summed E-state index contributed by atoms with van der Waals surface area (Å²) in [6, 6.07) is 19.7. The molecule has 0 aliphatic heterocycles. The van der Waals surface area contributed by atoms with E-state index < -0.39 is 22.0 Å². The topological polar surface area (TPSA) is 126 Å². The number of halogens is 1. The van der Waals surface area contributed by atoms with Crippen LogP contribution in [0.15, 0.2) is 82.8 Å². The van der Waals surface area contributed by atoms with Gasteiger partial charge in [-0.25, -0.2) is 13.8 Å². The molecule has 11 heteroatoms. The van der Waals surface area contributed by atoms with Crippen molar-refractivity contribution in [2.75, 3.05) is 11.9 Å². The van der Waals surface area contributed by atoms with Gasteiger partial charge in [0.05, 0.1) is 16.8 Å². The Labute approximate surface area is 242 Å². The third kappa shape index (κ3) is 9.75. The first-order valence-corrected chi connectivity index (χ1v) is 14.8. The number of anilines is 1. The summed E-state index contributed by atoms with van der Waals surface area (Å²) in [5, 5.41) is 6.78. The number of sulfonamides is 1. The zero-order valence-electron chi connectivity index (χ0n) is 21.8. The van der Waals surface area contributed by atoms with Crippen LogP contribution >= 0.6 is 22.6 Å². The van der Waals surface area contributed by atoms with E-state index in [1.165, 1.54) is 18.3 Å². The fourth-order valence-electron chi connectivity index (χ4n) is 3.45. The summed E-state index contributed by atoms with van der Waals surface area (Å²) in [6.07, 6.45) is 1.74. The Balaban J connectivity index is 1.54. The molecule has 3 aromatic rings. The van der Waals surface area contributed by atoms with Crippen LogP contribution in [0, 0.1) is 16.4 Å². The van der Waals surface area contributed by atoms with Crippen molar-refractivity contribution in [3.63, 3.8) is 0 Å². The van der Waals surface area contributed by atoms with Gasteiger partial charge in [0.1, 0.15) is 11.8 Å². The average molecular weight is 663 g/mol. The van der Waals surface area contributed by atoms with Crippen molar-refractivity contribution >= 4 is 56.3 Å². The van der Waals surface area contributed by atoms with Gasteiger partial charge in [-0.05, 0) is 95.9 Å². The summed E-state index contributed by atoms with van der Waals surface area (Å²) in [6.45, 7) is 5.52. The third-order valence-corrected chi connectivity index (χ3v) is 7.87. The lowest BCUT2D eigenvalue weighted by Gasteiger charge is -2.19. The predicted octanol–water partition coefficient (Wildman–Crippen LogP) is 4.46. The van der Waals surface area contributed by atoms with Crippen LogP contribution in [0.4, 0.5) is 5.69 Å². The summed E-state index contributed by atoms with van der Waals surface area (Å²) >= 11 is 2.14. The van der Waals surface area contributed by atoms with Crippen LogP contribution in [-0.2, 0) is 19.6 Å². The highest BCUT2D eigenvalue weighted by molar-refractivity contribution is 14.1. The molecular formula is C28H31IN4O5S. The van der Waals surface area contributed by atoms with Gasteiger partial charge in [-0.2, -0.15) is 9.82 Å². The minimum Gasteiger partial charge on any atom is -0.484 e. The molecule has 0 aliphatic rings. The molecule has 0 saturated heterocycles. The van der Waals surface area contributed by atoms with Gasteiger partial charge in [0.25, 0.3) is 11.8 Å². The second-order valence-corrected chi connectivity index (χ2v) is 12.1. The van der Waals surface area contributed by atoms with Gasteiger partial charge in [0.2, 0.25) is 10.0 Å². The molecule has 3 rings (SSSR count). The first-order valence-electron chi connectivity index (χ1n) is 12.2. The van der Waals surface area contributed by atoms with Gasteiger partial charge in [-0.1, -0.05) is 43.7 Å². The molecule has 0 radical (unpaired) electrons. The quantitative estimate of drug-likeness (QED) is 0.150. The highest BCUT2D eigenvalue weighted by Crippen LogP contribution is 2.17. The van der Waals surface area contributed by atoms with Crippen LogP contribution in [0.5, 0.6) is 5.75 Å². The van der Waals surface area contributed by atoms with Crippen molar-refractivity contribution in [2.45, 2.75) is 38.1 Å². The zero-order valence-corrected chi connectivity index (χ0v) is 24.8.